The molecule has 0 saturated carbocycles. The third kappa shape index (κ3) is 3.59. The molecule has 4 nitrogen and oxygen atoms in total. The highest BCUT2D eigenvalue weighted by Crippen LogP contribution is 2.34. The summed E-state index contributed by atoms with van der Waals surface area (Å²) in [5.74, 6) is -0.172. The van der Waals surface area contributed by atoms with Crippen molar-refractivity contribution in [1.29, 1.82) is 0 Å². The number of nitrogens with one attached hydrogen (secondary N) is 2. The predicted molar refractivity (Wildman–Crippen MR) is 111 cm³/mol. The second-order valence-electron chi connectivity index (χ2n) is 6.88. The van der Waals surface area contributed by atoms with Gasteiger partial charge in [-0.2, -0.15) is 0 Å². The van der Waals surface area contributed by atoms with Crippen molar-refractivity contribution >= 4 is 51.3 Å². The molecule has 0 unspecified atom stereocenters. The van der Waals surface area contributed by atoms with Gasteiger partial charge in [-0.3, -0.25) is 10.1 Å². The van der Waals surface area contributed by atoms with Gasteiger partial charge in [0.1, 0.15) is 0 Å². The van der Waals surface area contributed by atoms with E-state index in [0.717, 1.165) is 17.7 Å². The van der Waals surface area contributed by atoms with Gasteiger partial charge in [0.25, 0.3) is 5.91 Å². The van der Waals surface area contributed by atoms with E-state index < -0.39 is 0 Å². The first-order valence-electron chi connectivity index (χ1n) is 8.23. The molecule has 6 heteroatoms. The molecule has 1 aliphatic heterocycles. The fourth-order valence-electron chi connectivity index (χ4n) is 3.37. The molecule has 2 N–H and O–H groups in total. The first-order chi connectivity index (χ1) is 12.0. The average molecular weight is 386 g/mol. The summed E-state index contributed by atoms with van der Waals surface area (Å²) in [6, 6.07) is 12.6. The van der Waals surface area contributed by atoms with E-state index in [1.165, 1.54) is 27.7 Å². The number of hydrogen-bond donors (Lipinski definition) is 2. The summed E-state index contributed by atoms with van der Waals surface area (Å²) >= 11 is 1.41. The van der Waals surface area contributed by atoms with Crippen LogP contribution >= 0.6 is 23.7 Å². The minimum atomic E-state index is -0.172. The number of rotatable bonds is 2. The van der Waals surface area contributed by atoms with E-state index in [1.807, 2.05) is 5.38 Å². The number of thiazole rings is 1. The van der Waals surface area contributed by atoms with Crippen molar-refractivity contribution in [2.75, 3.05) is 5.32 Å². The van der Waals surface area contributed by atoms with Gasteiger partial charge >= 0.3 is 0 Å². The summed E-state index contributed by atoms with van der Waals surface area (Å²) < 4.78 is 0. The van der Waals surface area contributed by atoms with Crippen molar-refractivity contribution in [2.24, 2.45) is 0 Å². The molecule has 0 bridgehead atoms. The molecule has 2 aromatic carbocycles. The highest BCUT2D eigenvalue weighted by molar-refractivity contribution is 7.13. The van der Waals surface area contributed by atoms with Crippen molar-refractivity contribution in [2.45, 2.75) is 25.8 Å². The van der Waals surface area contributed by atoms with Crippen molar-refractivity contribution < 1.29 is 4.79 Å². The Labute approximate surface area is 162 Å². The average Bonchev–Trinajstić information content (AvgIpc) is 3.06. The minimum absolute atomic E-state index is 0. The molecule has 1 aliphatic rings. The molecule has 1 amide bonds. The summed E-state index contributed by atoms with van der Waals surface area (Å²) in [7, 11) is 0. The molecule has 26 heavy (non-hydrogen) atoms. The van der Waals surface area contributed by atoms with Crippen molar-refractivity contribution in [1.82, 2.24) is 10.3 Å². The smallest absolute Gasteiger partial charge is 0.252 e. The van der Waals surface area contributed by atoms with Gasteiger partial charge in [0.15, 0.2) is 5.13 Å². The Morgan fingerprint density at radius 2 is 2.08 bits per heavy atom. The largest absolute Gasteiger partial charge is 0.379 e. The topological polar surface area (TPSA) is 54.0 Å². The van der Waals surface area contributed by atoms with Crippen molar-refractivity contribution in [3.05, 3.63) is 65.2 Å². The van der Waals surface area contributed by atoms with E-state index in [9.17, 15) is 4.79 Å². The number of amides is 1. The fraction of sp³-hybridized carbons (Fsp3) is 0.200. The van der Waals surface area contributed by atoms with Gasteiger partial charge in [0.05, 0.1) is 0 Å². The van der Waals surface area contributed by atoms with Crippen LogP contribution in [0.3, 0.4) is 0 Å². The van der Waals surface area contributed by atoms with E-state index >= 15 is 0 Å². The Bertz CT molecular complexity index is 980. The lowest BCUT2D eigenvalue weighted by Gasteiger charge is -2.36. The number of carbonyl (C=O) groups is 1. The predicted octanol–water partition coefficient (Wildman–Crippen LogP) is 4.62. The van der Waals surface area contributed by atoms with Crippen LogP contribution in [0, 0.1) is 0 Å². The van der Waals surface area contributed by atoms with Gasteiger partial charge < -0.3 is 5.32 Å². The highest BCUT2D eigenvalue weighted by Gasteiger charge is 2.29. The Balaban J connectivity index is 0.00000196. The minimum Gasteiger partial charge on any atom is -0.379 e. The number of carbonyl (C=O) groups excluding carboxylic acids is 1. The Kier molecular flexibility index (Phi) is 5.03. The zero-order valence-corrected chi connectivity index (χ0v) is 16.2. The van der Waals surface area contributed by atoms with E-state index in [1.54, 1.807) is 12.3 Å². The van der Waals surface area contributed by atoms with Gasteiger partial charge in [-0.15, -0.1) is 23.7 Å². The number of benzene rings is 2. The Hall–Kier alpha value is -2.37. The van der Waals surface area contributed by atoms with Gasteiger partial charge in [0, 0.05) is 34.5 Å². The summed E-state index contributed by atoms with van der Waals surface area (Å²) in [6.45, 7) is 4.31. The molecule has 2 heterocycles. The van der Waals surface area contributed by atoms with Crippen LogP contribution in [0.25, 0.3) is 16.5 Å². The lowest BCUT2D eigenvalue weighted by atomic mass is 9.83. The standard InChI is InChI=1S/C20H19N3OS.ClH/c1-20(2)12-16-14-6-4-3-5-13(14)7-8-15(16)17(23-20)11-18(24)22-19-21-9-10-25-19;/h3-11,23H,12H2,1-2H3,(H,21,22,24);1H/b17-11-;. The number of fused-ring (bicyclic) bond motifs is 3. The molecule has 1 aromatic heterocycles. The molecule has 3 aromatic rings. The second-order valence-corrected chi connectivity index (χ2v) is 7.78. The van der Waals surface area contributed by atoms with Gasteiger partial charge in [-0.25, -0.2) is 4.98 Å². The lowest BCUT2D eigenvalue weighted by molar-refractivity contribution is -0.111. The quantitative estimate of drug-likeness (QED) is 0.633. The summed E-state index contributed by atoms with van der Waals surface area (Å²) in [5.41, 5.74) is 3.11. The zero-order valence-electron chi connectivity index (χ0n) is 14.6. The maximum absolute atomic E-state index is 12.4. The maximum atomic E-state index is 12.4. The van der Waals surface area contributed by atoms with Crippen LogP contribution in [0.2, 0.25) is 0 Å². The fourth-order valence-corrected chi connectivity index (χ4v) is 3.90. The van der Waals surface area contributed by atoms with Crippen molar-refractivity contribution in [3.8, 4) is 0 Å². The van der Waals surface area contributed by atoms with E-state index in [4.69, 9.17) is 0 Å². The van der Waals surface area contributed by atoms with Crippen LogP contribution in [-0.4, -0.2) is 16.4 Å². The van der Waals surface area contributed by atoms with Crippen molar-refractivity contribution in [3.63, 3.8) is 0 Å². The van der Waals surface area contributed by atoms with Crippen LogP contribution in [0.5, 0.6) is 0 Å². The Morgan fingerprint density at radius 1 is 1.27 bits per heavy atom. The first kappa shape index (κ1) is 18.4. The number of aromatic nitrogens is 1. The highest BCUT2D eigenvalue weighted by atomic mass is 35.5. The summed E-state index contributed by atoms with van der Waals surface area (Å²) in [5, 5.41) is 11.2. The molecule has 134 valence electrons. The molecule has 0 radical (unpaired) electrons. The van der Waals surface area contributed by atoms with Gasteiger partial charge in [-0.05, 0) is 36.6 Å². The zero-order chi connectivity index (χ0) is 17.4. The number of hydrogen-bond acceptors (Lipinski definition) is 4. The van der Waals surface area contributed by atoms with Crippen LogP contribution in [-0.2, 0) is 11.2 Å². The summed E-state index contributed by atoms with van der Waals surface area (Å²) in [4.78, 5) is 16.5. The van der Waals surface area contributed by atoms with E-state index in [0.29, 0.717) is 5.13 Å². The normalized spacial score (nSPS) is 16.5. The van der Waals surface area contributed by atoms with Crippen LogP contribution in [0.1, 0.15) is 25.0 Å². The molecule has 0 spiro atoms. The molecule has 0 fully saturated rings. The van der Waals surface area contributed by atoms with E-state index in [-0.39, 0.29) is 23.9 Å². The van der Waals surface area contributed by atoms with Gasteiger partial charge in [-0.1, -0.05) is 36.4 Å². The summed E-state index contributed by atoms with van der Waals surface area (Å²) in [6.07, 6.45) is 4.22. The van der Waals surface area contributed by atoms with Gasteiger partial charge in [0.2, 0.25) is 0 Å². The van der Waals surface area contributed by atoms with E-state index in [2.05, 4.69) is 65.9 Å². The maximum Gasteiger partial charge on any atom is 0.252 e. The first-order valence-corrected chi connectivity index (χ1v) is 9.11. The molecular formula is C20H20ClN3OS. The van der Waals surface area contributed by atoms with Crippen LogP contribution < -0.4 is 10.6 Å². The second kappa shape index (κ2) is 7.09. The number of anilines is 1. The van der Waals surface area contributed by atoms with Crippen LogP contribution in [0.4, 0.5) is 5.13 Å². The molecule has 0 saturated heterocycles. The number of halogens is 1. The third-order valence-electron chi connectivity index (χ3n) is 4.36. The molecular weight excluding hydrogens is 366 g/mol. The monoisotopic (exact) mass is 385 g/mol. The molecule has 0 atom stereocenters. The van der Waals surface area contributed by atoms with Crippen LogP contribution in [0.15, 0.2) is 54.1 Å². The lowest BCUT2D eigenvalue weighted by Crippen LogP contribution is -2.44. The molecule has 4 rings (SSSR count). The molecule has 0 aliphatic carbocycles. The number of nitrogens with zero attached hydrogens (tertiary/aromatic N) is 1. The SMILES string of the molecule is CC1(C)Cc2c(ccc3ccccc23)/C(=C/C(=O)Nc2nccs2)N1.Cl. The third-order valence-corrected chi connectivity index (χ3v) is 5.05. The Morgan fingerprint density at radius 3 is 2.85 bits per heavy atom.